The van der Waals surface area contributed by atoms with Gasteiger partial charge in [-0.2, -0.15) is 0 Å². The molecule has 2 aliphatic heterocycles. The van der Waals surface area contributed by atoms with Crippen molar-refractivity contribution in [2.75, 3.05) is 33.2 Å². The standard InChI is InChI=1S/C19H33N5O2/c1-20-18(21-10-8-16(25)23-15-6-3-2-4-7-15)24-11-5-9-19(14-24)12-17(26)22-13-19/h15H,2-14H2,1H3,(H,20,21)(H,22,26)(H,23,25). The summed E-state index contributed by atoms with van der Waals surface area (Å²) >= 11 is 0. The lowest BCUT2D eigenvalue weighted by molar-refractivity contribution is -0.122. The lowest BCUT2D eigenvalue weighted by Gasteiger charge is -2.40. The highest BCUT2D eigenvalue weighted by Gasteiger charge is 2.42. The van der Waals surface area contributed by atoms with Crippen molar-refractivity contribution < 1.29 is 9.59 Å². The zero-order valence-corrected chi connectivity index (χ0v) is 16.0. The number of likely N-dealkylation sites (tertiary alicyclic amines) is 1. The Labute approximate surface area is 156 Å². The molecule has 0 bridgehead atoms. The lowest BCUT2D eigenvalue weighted by Crippen LogP contribution is -2.51. The van der Waals surface area contributed by atoms with Gasteiger partial charge in [0.2, 0.25) is 11.8 Å². The van der Waals surface area contributed by atoms with Crippen LogP contribution in [-0.2, 0) is 9.59 Å². The number of hydrogen-bond acceptors (Lipinski definition) is 3. The first-order valence-corrected chi connectivity index (χ1v) is 10.1. The van der Waals surface area contributed by atoms with Crippen molar-refractivity contribution in [3.05, 3.63) is 0 Å². The maximum absolute atomic E-state index is 12.1. The minimum atomic E-state index is 0.0469. The average molecular weight is 364 g/mol. The first-order valence-electron chi connectivity index (χ1n) is 10.1. The number of amides is 2. The molecule has 146 valence electrons. The van der Waals surface area contributed by atoms with Crippen molar-refractivity contribution in [3.8, 4) is 0 Å². The minimum Gasteiger partial charge on any atom is -0.356 e. The van der Waals surface area contributed by atoms with Crippen LogP contribution >= 0.6 is 0 Å². The van der Waals surface area contributed by atoms with Crippen molar-refractivity contribution in [2.45, 2.75) is 63.8 Å². The summed E-state index contributed by atoms with van der Waals surface area (Å²) in [5.41, 5.74) is 0.0469. The first kappa shape index (κ1) is 19.0. The van der Waals surface area contributed by atoms with E-state index in [2.05, 4.69) is 25.8 Å². The molecule has 3 N–H and O–H groups in total. The van der Waals surface area contributed by atoms with Crippen molar-refractivity contribution in [1.82, 2.24) is 20.9 Å². The molecule has 2 amide bonds. The molecule has 2 saturated heterocycles. The molecule has 1 aliphatic carbocycles. The van der Waals surface area contributed by atoms with Gasteiger partial charge in [0.05, 0.1) is 0 Å². The Morgan fingerprint density at radius 2 is 2.12 bits per heavy atom. The van der Waals surface area contributed by atoms with Crippen LogP contribution in [-0.4, -0.2) is 61.9 Å². The van der Waals surface area contributed by atoms with Crippen molar-refractivity contribution >= 4 is 17.8 Å². The average Bonchev–Trinajstić information content (AvgIpc) is 2.99. The molecule has 1 spiro atoms. The summed E-state index contributed by atoms with van der Waals surface area (Å²) < 4.78 is 0. The zero-order chi connectivity index (χ0) is 18.4. The van der Waals surface area contributed by atoms with Crippen LogP contribution in [0.3, 0.4) is 0 Å². The molecule has 1 atom stereocenters. The Balaban J connectivity index is 1.42. The fourth-order valence-electron chi connectivity index (χ4n) is 4.60. The van der Waals surface area contributed by atoms with E-state index in [1.165, 1.54) is 19.3 Å². The summed E-state index contributed by atoms with van der Waals surface area (Å²) in [5.74, 6) is 1.13. The number of rotatable bonds is 4. The summed E-state index contributed by atoms with van der Waals surface area (Å²) in [4.78, 5) is 30.4. The third kappa shape index (κ3) is 4.89. The number of guanidine groups is 1. The Bertz CT molecular complexity index is 544. The molecular formula is C19H33N5O2. The summed E-state index contributed by atoms with van der Waals surface area (Å²) in [6, 6.07) is 0.366. The van der Waals surface area contributed by atoms with Gasteiger partial charge in [0, 0.05) is 57.5 Å². The first-order chi connectivity index (χ1) is 12.6. The molecular weight excluding hydrogens is 330 g/mol. The van der Waals surface area contributed by atoms with E-state index in [0.717, 1.165) is 51.3 Å². The van der Waals surface area contributed by atoms with Crippen LogP contribution < -0.4 is 16.0 Å². The third-order valence-corrected chi connectivity index (χ3v) is 5.97. The number of aliphatic imine (C=N–C) groups is 1. The molecule has 0 radical (unpaired) electrons. The van der Waals surface area contributed by atoms with Crippen LogP contribution in [0.5, 0.6) is 0 Å². The number of piperidine rings is 1. The van der Waals surface area contributed by atoms with E-state index in [9.17, 15) is 9.59 Å². The van der Waals surface area contributed by atoms with E-state index < -0.39 is 0 Å². The van der Waals surface area contributed by atoms with Gasteiger partial charge < -0.3 is 20.9 Å². The van der Waals surface area contributed by atoms with Crippen molar-refractivity contribution in [2.24, 2.45) is 10.4 Å². The summed E-state index contributed by atoms with van der Waals surface area (Å²) in [6.45, 7) is 3.15. The molecule has 3 fully saturated rings. The number of nitrogens with one attached hydrogen (secondary N) is 3. The molecule has 3 aliphatic rings. The highest BCUT2D eigenvalue weighted by Crippen LogP contribution is 2.35. The molecule has 0 aromatic carbocycles. The molecule has 26 heavy (non-hydrogen) atoms. The van der Waals surface area contributed by atoms with Crippen LogP contribution in [0.2, 0.25) is 0 Å². The predicted molar refractivity (Wildman–Crippen MR) is 102 cm³/mol. The second-order valence-corrected chi connectivity index (χ2v) is 8.11. The Morgan fingerprint density at radius 1 is 1.31 bits per heavy atom. The van der Waals surface area contributed by atoms with Gasteiger partial charge in [0.15, 0.2) is 5.96 Å². The Kier molecular flexibility index (Phi) is 6.38. The smallest absolute Gasteiger partial charge is 0.221 e. The Morgan fingerprint density at radius 3 is 2.81 bits per heavy atom. The van der Waals surface area contributed by atoms with E-state index in [1.807, 2.05) is 0 Å². The zero-order valence-electron chi connectivity index (χ0n) is 16.0. The molecule has 2 heterocycles. The van der Waals surface area contributed by atoms with Crippen molar-refractivity contribution in [1.29, 1.82) is 0 Å². The van der Waals surface area contributed by atoms with E-state index >= 15 is 0 Å². The van der Waals surface area contributed by atoms with Gasteiger partial charge in [-0.05, 0) is 25.7 Å². The SMILES string of the molecule is CN=C(NCCC(=O)NC1CCCCC1)N1CCCC2(CNC(=O)C2)C1. The minimum absolute atomic E-state index is 0.0469. The molecule has 1 saturated carbocycles. The predicted octanol–water partition coefficient (Wildman–Crippen LogP) is 1.00. The topological polar surface area (TPSA) is 85.8 Å². The number of hydrogen-bond donors (Lipinski definition) is 3. The van der Waals surface area contributed by atoms with Gasteiger partial charge in [-0.1, -0.05) is 19.3 Å². The van der Waals surface area contributed by atoms with Crippen LogP contribution in [0.15, 0.2) is 4.99 Å². The van der Waals surface area contributed by atoms with Gasteiger partial charge in [-0.15, -0.1) is 0 Å². The third-order valence-electron chi connectivity index (χ3n) is 5.97. The molecule has 7 heteroatoms. The summed E-state index contributed by atoms with van der Waals surface area (Å²) in [6.07, 6.45) is 9.21. The van der Waals surface area contributed by atoms with Gasteiger partial charge in [0.25, 0.3) is 0 Å². The van der Waals surface area contributed by atoms with Gasteiger partial charge in [0.1, 0.15) is 0 Å². The molecule has 1 unspecified atom stereocenters. The molecule has 0 aromatic heterocycles. The van der Waals surface area contributed by atoms with E-state index in [1.54, 1.807) is 7.05 Å². The Hall–Kier alpha value is -1.79. The maximum atomic E-state index is 12.1. The summed E-state index contributed by atoms with van der Waals surface area (Å²) in [5, 5.41) is 9.47. The van der Waals surface area contributed by atoms with Gasteiger partial charge in [-0.3, -0.25) is 14.6 Å². The van der Waals surface area contributed by atoms with Crippen LogP contribution in [0.25, 0.3) is 0 Å². The van der Waals surface area contributed by atoms with Crippen LogP contribution in [0, 0.1) is 5.41 Å². The summed E-state index contributed by atoms with van der Waals surface area (Å²) in [7, 11) is 1.78. The fraction of sp³-hybridized carbons (Fsp3) is 0.842. The van der Waals surface area contributed by atoms with Crippen molar-refractivity contribution in [3.63, 3.8) is 0 Å². The molecule has 7 nitrogen and oxygen atoms in total. The highest BCUT2D eigenvalue weighted by atomic mass is 16.2. The number of nitrogens with zero attached hydrogens (tertiary/aromatic N) is 2. The quantitative estimate of drug-likeness (QED) is 0.514. The number of carbonyl (C=O) groups is 2. The normalized spacial score (nSPS) is 27.5. The van der Waals surface area contributed by atoms with Gasteiger partial charge in [-0.25, -0.2) is 0 Å². The fourth-order valence-corrected chi connectivity index (χ4v) is 4.60. The maximum Gasteiger partial charge on any atom is 0.221 e. The van der Waals surface area contributed by atoms with Gasteiger partial charge >= 0.3 is 0 Å². The van der Waals surface area contributed by atoms with E-state index in [0.29, 0.717) is 25.4 Å². The van der Waals surface area contributed by atoms with E-state index in [4.69, 9.17) is 0 Å². The van der Waals surface area contributed by atoms with E-state index in [-0.39, 0.29) is 17.2 Å². The number of carbonyl (C=O) groups excluding carboxylic acids is 2. The monoisotopic (exact) mass is 363 g/mol. The second-order valence-electron chi connectivity index (χ2n) is 8.11. The highest BCUT2D eigenvalue weighted by molar-refractivity contribution is 5.82. The second kappa shape index (κ2) is 8.73. The molecule has 3 rings (SSSR count). The lowest BCUT2D eigenvalue weighted by atomic mass is 9.79. The largest absolute Gasteiger partial charge is 0.356 e. The van der Waals surface area contributed by atoms with Crippen LogP contribution in [0.4, 0.5) is 0 Å². The molecule has 0 aromatic rings. The van der Waals surface area contributed by atoms with Crippen LogP contribution in [0.1, 0.15) is 57.8 Å².